The van der Waals surface area contributed by atoms with Gasteiger partial charge in [0.1, 0.15) is 0 Å². The minimum absolute atomic E-state index is 1.07. The predicted octanol–water partition coefficient (Wildman–Crippen LogP) is -0.348. The van der Waals surface area contributed by atoms with Crippen molar-refractivity contribution in [3.63, 3.8) is 0 Å². The molecule has 0 saturated carbocycles. The molecule has 2 aliphatic carbocycles. The molecule has 0 bridgehead atoms. The maximum Gasteiger partial charge on any atom is 0.285 e. The van der Waals surface area contributed by atoms with Crippen LogP contribution in [0.1, 0.15) is 25.7 Å². The molecule has 5 rings (SSSR count). The van der Waals surface area contributed by atoms with E-state index >= 15 is 0 Å². The number of aromatic nitrogens is 2. The van der Waals surface area contributed by atoms with Crippen molar-refractivity contribution in [2.75, 3.05) is 0 Å². The summed E-state index contributed by atoms with van der Waals surface area (Å²) in [7, 11) is 0. The van der Waals surface area contributed by atoms with Crippen molar-refractivity contribution < 1.29 is 9.13 Å². The van der Waals surface area contributed by atoms with E-state index in [0.717, 1.165) is 25.9 Å². The molecule has 0 atom stereocenters. The van der Waals surface area contributed by atoms with Gasteiger partial charge in [0.2, 0.25) is 13.1 Å². The van der Waals surface area contributed by atoms with Crippen LogP contribution in [0.4, 0.5) is 0 Å². The highest BCUT2D eigenvalue weighted by Crippen LogP contribution is 2.07. The van der Waals surface area contributed by atoms with Crippen LogP contribution in [-0.4, -0.2) is 0 Å². The van der Waals surface area contributed by atoms with E-state index in [1.54, 1.807) is 0 Å². The number of aryl methyl sites for hydroxylation is 2. The van der Waals surface area contributed by atoms with Crippen LogP contribution in [0.15, 0.2) is 24.5 Å². The van der Waals surface area contributed by atoms with Gasteiger partial charge in [-0.1, -0.05) is 24.3 Å². The first-order valence-corrected chi connectivity index (χ1v) is 8.38. The minimum atomic E-state index is 1.07. The van der Waals surface area contributed by atoms with Crippen LogP contribution in [0.3, 0.4) is 0 Å². The molecule has 3 heterocycles. The Kier molecular flexibility index (Phi) is 2.60. The summed E-state index contributed by atoms with van der Waals surface area (Å²) in [5.41, 5.74) is 2.84. The minimum Gasteiger partial charge on any atom is -0.186 e. The highest BCUT2D eigenvalue weighted by atomic mass is 15.1. The molecule has 2 aromatic rings. The summed E-state index contributed by atoms with van der Waals surface area (Å²) in [6.45, 7) is 2.13. The molecule has 0 radical (unpaired) electrons. The average Bonchev–Trinajstić information content (AvgIpc) is 2.60. The van der Waals surface area contributed by atoms with Gasteiger partial charge in [0.15, 0.2) is 12.4 Å². The van der Waals surface area contributed by atoms with Crippen LogP contribution < -0.4 is 30.0 Å². The van der Waals surface area contributed by atoms with Crippen LogP contribution in [-0.2, 0) is 13.1 Å². The van der Waals surface area contributed by atoms with Gasteiger partial charge in [0, 0.05) is 12.1 Å². The van der Waals surface area contributed by atoms with E-state index < -0.39 is 0 Å². The Morgan fingerprint density at radius 1 is 0.591 bits per heavy atom. The first kappa shape index (κ1) is 12.3. The molecule has 0 fully saturated rings. The third-order valence-corrected chi connectivity index (χ3v) is 5.14. The zero-order valence-corrected chi connectivity index (χ0v) is 12.8. The molecule has 0 unspecified atom stereocenters. The highest BCUT2D eigenvalue weighted by molar-refractivity contribution is 5.57. The molecular formula is C20H20N2+2. The number of hydrogen-bond donors (Lipinski definition) is 0. The lowest BCUT2D eigenvalue weighted by Crippen LogP contribution is -2.61. The van der Waals surface area contributed by atoms with Gasteiger partial charge in [-0.2, -0.15) is 9.13 Å². The molecule has 0 aromatic carbocycles. The lowest BCUT2D eigenvalue weighted by molar-refractivity contribution is -0.795. The van der Waals surface area contributed by atoms with Crippen molar-refractivity contribution in [1.82, 2.24) is 0 Å². The van der Waals surface area contributed by atoms with Gasteiger partial charge in [0.05, 0.1) is 10.4 Å². The summed E-state index contributed by atoms with van der Waals surface area (Å²) < 4.78 is 4.90. The standard InChI is InChI=1S/C20H20N2/c1-3-7-17-15(5-1)9-11-21-13-14-22-12-10-16-6-2-4-8-18(16)20(22)19(17)21/h5-12H,1-4,13-14H2/q+2. The van der Waals surface area contributed by atoms with Crippen molar-refractivity contribution >= 4 is 24.3 Å². The molecule has 108 valence electrons. The Labute approximate surface area is 129 Å². The van der Waals surface area contributed by atoms with Crippen LogP contribution in [0, 0.1) is 0 Å². The smallest absolute Gasteiger partial charge is 0.186 e. The first-order chi connectivity index (χ1) is 10.9. The van der Waals surface area contributed by atoms with Gasteiger partial charge in [-0.3, -0.25) is 0 Å². The van der Waals surface area contributed by atoms with Crippen molar-refractivity contribution in [2.24, 2.45) is 0 Å². The van der Waals surface area contributed by atoms with Crippen molar-refractivity contribution in [2.45, 2.75) is 38.8 Å². The molecule has 0 saturated heterocycles. The molecule has 0 N–H and O–H groups in total. The monoisotopic (exact) mass is 288 g/mol. The molecule has 22 heavy (non-hydrogen) atoms. The maximum absolute atomic E-state index is 2.45. The van der Waals surface area contributed by atoms with E-state index in [-0.39, 0.29) is 0 Å². The fraction of sp³-hybridized carbons (Fsp3) is 0.300. The summed E-state index contributed by atoms with van der Waals surface area (Å²) in [5, 5.41) is 5.69. The van der Waals surface area contributed by atoms with Crippen LogP contribution in [0.25, 0.3) is 35.7 Å². The van der Waals surface area contributed by atoms with Crippen LogP contribution >= 0.6 is 0 Å². The quantitative estimate of drug-likeness (QED) is 0.586. The Bertz CT molecular complexity index is 943. The molecule has 1 aliphatic heterocycles. The van der Waals surface area contributed by atoms with Gasteiger partial charge in [-0.25, -0.2) is 0 Å². The van der Waals surface area contributed by atoms with E-state index in [4.69, 9.17) is 0 Å². The lowest BCUT2D eigenvalue weighted by Gasteiger charge is -2.13. The summed E-state index contributed by atoms with van der Waals surface area (Å²) in [6, 6.07) is 4.57. The Balaban J connectivity index is 2.00. The number of pyridine rings is 2. The third-order valence-electron chi connectivity index (χ3n) is 5.14. The molecule has 3 aliphatic rings. The first-order valence-electron chi connectivity index (χ1n) is 8.38. The fourth-order valence-corrected chi connectivity index (χ4v) is 4.09. The van der Waals surface area contributed by atoms with Gasteiger partial charge in [-0.15, -0.1) is 0 Å². The number of fused-ring (bicyclic) bond motifs is 7. The predicted molar refractivity (Wildman–Crippen MR) is 87.1 cm³/mol. The number of rotatable bonds is 0. The van der Waals surface area contributed by atoms with Crippen LogP contribution in [0.2, 0.25) is 0 Å². The van der Waals surface area contributed by atoms with E-state index in [1.165, 1.54) is 45.1 Å². The Morgan fingerprint density at radius 2 is 1.05 bits per heavy atom. The van der Waals surface area contributed by atoms with Gasteiger partial charge < -0.3 is 0 Å². The molecule has 2 nitrogen and oxygen atoms in total. The van der Waals surface area contributed by atoms with Gasteiger partial charge >= 0.3 is 0 Å². The fourth-order valence-electron chi connectivity index (χ4n) is 4.09. The Hall–Kier alpha value is -2.22. The van der Waals surface area contributed by atoms with Crippen molar-refractivity contribution in [1.29, 1.82) is 0 Å². The van der Waals surface area contributed by atoms with E-state index in [9.17, 15) is 0 Å². The average molecular weight is 288 g/mol. The summed E-state index contributed by atoms with van der Waals surface area (Å²) in [5.74, 6) is 0. The second kappa shape index (κ2) is 4.64. The van der Waals surface area contributed by atoms with Crippen molar-refractivity contribution in [3.05, 3.63) is 45.4 Å². The Morgan fingerprint density at radius 3 is 1.55 bits per heavy atom. The second-order valence-electron chi connectivity index (χ2n) is 6.42. The second-order valence-corrected chi connectivity index (χ2v) is 6.42. The van der Waals surface area contributed by atoms with Gasteiger partial charge in [0.25, 0.3) is 11.4 Å². The van der Waals surface area contributed by atoms with E-state index in [2.05, 4.69) is 58.0 Å². The molecule has 0 spiro atoms. The summed E-state index contributed by atoms with van der Waals surface area (Å²) >= 11 is 0. The van der Waals surface area contributed by atoms with Crippen LogP contribution in [0.5, 0.6) is 0 Å². The topological polar surface area (TPSA) is 7.76 Å². The zero-order chi connectivity index (χ0) is 14.5. The molecule has 2 heteroatoms. The normalized spacial score (nSPS) is 17.5. The van der Waals surface area contributed by atoms with E-state index in [0.29, 0.717) is 0 Å². The van der Waals surface area contributed by atoms with Gasteiger partial charge in [-0.05, 0) is 36.1 Å². The molecule has 2 aromatic heterocycles. The maximum atomic E-state index is 2.45. The summed E-state index contributed by atoms with van der Waals surface area (Å²) in [6.07, 6.45) is 18.9. The van der Waals surface area contributed by atoms with E-state index in [1.807, 2.05) is 0 Å². The third kappa shape index (κ3) is 1.67. The molecule has 0 amide bonds. The summed E-state index contributed by atoms with van der Waals surface area (Å²) in [4.78, 5) is 0. The lowest BCUT2D eigenvalue weighted by atomic mass is 9.99. The highest BCUT2D eigenvalue weighted by Gasteiger charge is 2.32. The van der Waals surface area contributed by atoms with Crippen molar-refractivity contribution in [3.8, 4) is 11.4 Å². The largest absolute Gasteiger partial charge is 0.285 e. The molecular weight excluding hydrogens is 268 g/mol. The SMILES string of the molecule is C1=c2cc[n+]3c(c2=CCC1)-c1c2c(cc[n+]1CC3)=CCCC=2. The zero-order valence-electron chi connectivity index (χ0n) is 12.8. The number of nitrogens with zero attached hydrogens (tertiary/aromatic N) is 2. The number of hydrogen-bond acceptors (Lipinski definition) is 0.